The fraction of sp³-hybridized carbons (Fsp3) is 0.417. The SMILES string of the molecule is CC.CC1=NCc2ccc(C)cc21. The molecule has 0 fully saturated rings. The van der Waals surface area contributed by atoms with Crippen LogP contribution < -0.4 is 0 Å². The first-order valence-electron chi connectivity index (χ1n) is 4.88. The Balaban J connectivity index is 0.000000396. The van der Waals surface area contributed by atoms with E-state index in [2.05, 4.69) is 37.0 Å². The minimum Gasteiger partial charge on any atom is -0.285 e. The summed E-state index contributed by atoms with van der Waals surface area (Å²) in [5.41, 5.74) is 5.21. The number of nitrogens with zero attached hydrogens (tertiary/aromatic N) is 1. The zero-order valence-corrected chi connectivity index (χ0v) is 8.89. The van der Waals surface area contributed by atoms with Gasteiger partial charge in [0.2, 0.25) is 0 Å². The highest BCUT2D eigenvalue weighted by Gasteiger charge is 2.10. The lowest BCUT2D eigenvalue weighted by Gasteiger charge is -1.99. The van der Waals surface area contributed by atoms with E-state index in [9.17, 15) is 0 Å². The molecular weight excluding hydrogens is 158 g/mol. The van der Waals surface area contributed by atoms with Crippen molar-refractivity contribution >= 4 is 5.71 Å². The summed E-state index contributed by atoms with van der Waals surface area (Å²) in [4.78, 5) is 4.36. The van der Waals surface area contributed by atoms with Gasteiger partial charge in [0, 0.05) is 11.3 Å². The van der Waals surface area contributed by atoms with Crippen LogP contribution in [0.3, 0.4) is 0 Å². The number of rotatable bonds is 0. The third-order valence-corrected chi connectivity index (χ3v) is 2.14. The quantitative estimate of drug-likeness (QED) is 0.573. The molecule has 1 heteroatoms. The Labute approximate surface area is 80.5 Å². The average molecular weight is 175 g/mol. The van der Waals surface area contributed by atoms with Gasteiger partial charge in [0.25, 0.3) is 0 Å². The van der Waals surface area contributed by atoms with Crippen molar-refractivity contribution in [3.8, 4) is 0 Å². The molecule has 1 aromatic carbocycles. The summed E-state index contributed by atoms with van der Waals surface area (Å²) in [6.07, 6.45) is 0. The minimum absolute atomic E-state index is 0.876. The summed E-state index contributed by atoms with van der Waals surface area (Å²) < 4.78 is 0. The number of benzene rings is 1. The third-order valence-electron chi connectivity index (χ3n) is 2.14. The number of hydrogen-bond acceptors (Lipinski definition) is 1. The molecule has 1 nitrogen and oxygen atoms in total. The second-order valence-corrected chi connectivity index (χ2v) is 3.06. The van der Waals surface area contributed by atoms with Gasteiger partial charge in [-0.3, -0.25) is 4.99 Å². The van der Waals surface area contributed by atoms with Gasteiger partial charge >= 0.3 is 0 Å². The fourth-order valence-corrected chi connectivity index (χ4v) is 1.45. The number of fused-ring (bicyclic) bond motifs is 1. The van der Waals surface area contributed by atoms with Crippen LogP contribution in [0.4, 0.5) is 0 Å². The van der Waals surface area contributed by atoms with Gasteiger partial charge < -0.3 is 0 Å². The molecule has 0 saturated carbocycles. The van der Waals surface area contributed by atoms with Gasteiger partial charge in [-0.1, -0.05) is 31.5 Å². The molecule has 13 heavy (non-hydrogen) atoms. The van der Waals surface area contributed by atoms with E-state index in [1.54, 1.807) is 0 Å². The lowest BCUT2D eigenvalue weighted by Crippen LogP contribution is -1.91. The smallest absolute Gasteiger partial charge is 0.0649 e. The van der Waals surface area contributed by atoms with E-state index in [1.807, 2.05) is 13.8 Å². The van der Waals surface area contributed by atoms with Crippen molar-refractivity contribution in [3.63, 3.8) is 0 Å². The third kappa shape index (κ3) is 1.97. The molecule has 0 saturated heterocycles. The van der Waals surface area contributed by atoms with Crippen LogP contribution in [-0.2, 0) is 6.54 Å². The van der Waals surface area contributed by atoms with Gasteiger partial charge in [-0.25, -0.2) is 0 Å². The Morgan fingerprint density at radius 1 is 1.15 bits per heavy atom. The van der Waals surface area contributed by atoms with Crippen molar-refractivity contribution in [3.05, 3.63) is 34.9 Å². The predicted octanol–water partition coefficient (Wildman–Crippen LogP) is 3.34. The maximum Gasteiger partial charge on any atom is 0.0649 e. The zero-order valence-electron chi connectivity index (χ0n) is 8.89. The summed E-state index contributed by atoms with van der Waals surface area (Å²) in [6.45, 7) is 9.07. The first-order valence-corrected chi connectivity index (χ1v) is 4.88. The first kappa shape index (κ1) is 9.97. The van der Waals surface area contributed by atoms with E-state index >= 15 is 0 Å². The second-order valence-electron chi connectivity index (χ2n) is 3.06. The van der Waals surface area contributed by atoms with Gasteiger partial charge in [0.15, 0.2) is 0 Å². The molecule has 0 unspecified atom stereocenters. The highest BCUT2D eigenvalue weighted by atomic mass is 14.8. The average Bonchev–Trinajstić information content (AvgIpc) is 2.52. The number of hydrogen-bond donors (Lipinski definition) is 0. The van der Waals surface area contributed by atoms with Crippen LogP contribution in [0.2, 0.25) is 0 Å². The van der Waals surface area contributed by atoms with E-state index in [1.165, 1.54) is 22.4 Å². The molecule has 0 aromatic heterocycles. The molecule has 1 aliphatic rings. The molecule has 2 rings (SSSR count). The zero-order chi connectivity index (χ0) is 9.84. The van der Waals surface area contributed by atoms with E-state index in [4.69, 9.17) is 0 Å². The van der Waals surface area contributed by atoms with Crippen LogP contribution in [-0.4, -0.2) is 5.71 Å². The van der Waals surface area contributed by atoms with E-state index < -0.39 is 0 Å². The summed E-state index contributed by atoms with van der Waals surface area (Å²) in [7, 11) is 0. The Hall–Kier alpha value is -1.11. The van der Waals surface area contributed by atoms with E-state index in [0.717, 1.165) is 6.54 Å². The first-order chi connectivity index (χ1) is 6.27. The molecule has 0 atom stereocenters. The molecule has 70 valence electrons. The molecular formula is C12H17N. The lowest BCUT2D eigenvalue weighted by atomic mass is 10.0. The van der Waals surface area contributed by atoms with Crippen LogP contribution in [0.25, 0.3) is 0 Å². The standard InChI is InChI=1S/C10H11N.C2H6/c1-7-3-4-9-6-11-8(2)10(9)5-7;1-2/h3-5H,6H2,1-2H3;1-2H3. The van der Waals surface area contributed by atoms with Crippen molar-refractivity contribution < 1.29 is 0 Å². The molecule has 0 N–H and O–H groups in total. The Kier molecular flexibility index (Phi) is 3.24. The van der Waals surface area contributed by atoms with Crippen LogP contribution in [0.15, 0.2) is 23.2 Å². The van der Waals surface area contributed by atoms with Crippen molar-refractivity contribution in [2.45, 2.75) is 34.2 Å². The topological polar surface area (TPSA) is 12.4 Å². The maximum atomic E-state index is 4.36. The normalized spacial score (nSPS) is 12.8. The molecule has 1 heterocycles. The van der Waals surface area contributed by atoms with E-state index in [-0.39, 0.29) is 0 Å². The van der Waals surface area contributed by atoms with Crippen LogP contribution in [0.5, 0.6) is 0 Å². The van der Waals surface area contributed by atoms with Gasteiger partial charge in [-0.2, -0.15) is 0 Å². The molecule has 0 spiro atoms. The molecule has 0 bridgehead atoms. The minimum atomic E-state index is 0.876. The van der Waals surface area contributed by atoms with Gasteiger partial charge in [-0.15, -0.1) is 0 Å². The van der Waals surface area contributed by atoms with Gasteiger partial charge in [0.05, 0.1) is 6.54 Å². The van der Waals surface area contributed by atoms with Crippen molar-refractivity contribution in [1.29, 1.82) is 0 Å². The van der Waals surface area contributed by atoms with Gasteiger partial charge in [-0.05, 0) is 25.5 Å². The number of aryl methyl sites for hydroxylation is 1. The van der Waals surface area contributed by atoms with E-state index in [0.29, 0.717) is 0 Å². The predicted molar refractivity (Wildman–Crippen MR) is 58.4 cm³/mol. The maximum absolute atomic E-state index is 4.36. The van der Waals surface area contributed by atoms with Crippen molar-refractivity contribution in [2.24, 2.45) is 4.99 Å². The highest BCUT2D eigenvalue weighted by Crippen LogP contribution is 2.19. The molecule has 0 amide bonds. The molecule has 0 radical (unpaired) electrons. The lowest BCUT2D eigenvalue weighted by molar-refractivity contribution is 1.10. The summed E-state index contributed by atoms with van der Waals surface area (Å²) in [5, 5.41) is 0. The van der Waals surface area contributed by atoms with Crippen molar-refractivity contribution in [2.75, 3.05) is 0 Å². The monoisotopic (exact) mass is 175 g/mol. The molecule has 1 aliphatic heterocycles. The largest absolute Gasteiger partial charge is 0.285 e. The summed E-state index contributed by atoms with van der Waals surface area (Å²) in [6, 6.07) is 6.53. The van der Waals surface area contributed by atoms with Crippen LogP contribution in [0, 0.1) is 6.92 Å². The van der Waals surface area contributed by atoms with Crippen LogP contribution >= 0.6 is 0 Å². The fourth-order valence-electron chi connectivity index (χ4n) is 1.45. The van der Waals surface area contributed by atoms with Gasteiger partial charge in [0.1, 0.15) is 0 Å². The Morgan fingerprint density at radius 2 is 1.85 bits per heavy atom. The number of aliphatic imine (C=N–C) groups is 1. The van der Waals surface area contributed by atoms with Crippen molar-refractivity contribution in [1.82, 2.24) is 0 Å². The molecule has 1 aromatic rings. The van der Waals surface area contributed by atoms with Crippen LogP contribution in [0.1, 0.15) is 37.5 Å². The Bertz CT molecular complexity index is 324. The highest BCUT2D eigenvalue weighted by molar-refractivity contribution is 6.02. The second kappa shape index (κ2) is 4.22. The Morgan fingerprint density at radius 3 is 2.54 bits per heavy atom. The summed E-state index contributed by atoms with van der Waals surface area (Å²) >= 11 is 0. The molecule has 0 aliphatic carbocycles. The summed E-state index contributed by atoms with van der Waals surface area (Å²) in [5.74, 6) is 0.